The molecule has 0 atom stereocenters. The van der Waals surface area contributed by atoms with Crippen molar-refractivity contribution in [1.29, 1.82) is 0 Å². The topological polar surface area (TPSA) is 29.3 Å². The summed E-state index contributed by atoms with van der Waals surface area (Å²) in [5.74, 6) is 1.87. The van der Waals surface area contributed by atoms with Gasteiger partial charge in [0.2, 0.25) is 0 Å². The summed E-state index contributed by atoms with van der Waals surface area (Å²) in [6.45, 7) is 3.08. The van der Waals surface area contributed by atoms with Gasteiger partial charge >= 0.3 is 0 Å². The molecule has 18 heavy (non-hydrogen) atoms. The minimum atomic E-state index is 0.618. The van der Waals surface area contributed by atoms with Crippen LogP contribution in [0.4, 0.5) is 5.69 Å². The predicted molar refractivity (Wildman–Crippen MR) is 79.7 cm³/mol. The minimum absolute atomic E-state index is 0.618. The van der Waals surface area contributed by atoms with Crippen molar-refractivity contribution in [2.45, 2.75) is 32.2 Å². The number of nitrogens with zero attached hydrogens (tertiary/aromatic N) is 1. The molecule has 3 rings (SSSR count). The highest BCUT2D eigenvalue weighted by Gasteiger charge is 2.29. The number of halogens is 1. The van der Waals surface area contributed by atoms with Crippen LogP contribution in [0, 0.1) is 11.8 Å². The van der Waals surface area contributed by atoms with E-state index >= 15 is 0 Å². The van der Waals surface area contributed by atoms with Gasteiger partial charge in [-0.05, 0) is 61.3 Å². The van der Waals surface area contributed by atoms with Crippen molar-refractivity contribution in [2.75, 3.05) is 18.0 Å². The van der Waals surface area contributed by atoms with E-state index in [9.17, 15) is 0 Å². The summed E-state index contributed by atoms with van der Waals surface area (Å²) in [7, 11) is 0. The minimum Gasteiger partial charge on any atom is -0.371 e. The van der Waals surface area contributed by atoms with Gasteiger partial charge in [0, 0.05) is 29.8 Å². The Balaban J connectivity index is 1.79. The average Bonchev–Trinajstić information content (AvgIpc) is 3.22. The van der Waals surface area contributed by atoms with Crippen LogP contribution in [0.1, 0.15) is 31.2 Å². The van der Waals surface area contributed by atoms with Crippen LogP contribution in [-0.4, -0.2) is 13.1 Å². The maximum Gasteiger partial charge on any atom is 0.0380 e. The first-order chi connectivity index (χ1) is 8.74. The van der Waals surface area contributed by atoms with Gasteiger partial charge in [-0.25, -0.2) is 0 Å². The molecule has 1 aromatic rings. The summed E-state index contributed by atoms with van der Waals surface area (Å²) in [4.78, 5) is 2.58. The van der Waals surface area contributed by atoms with Gasteiger partial charge in [0.1, 0.15) is 0 Å². The Morgan fingerprint density at radius 3 is 2.17 bits per heavy atom. The Labute approximate surface area is 118 Å². The Bertz CT molecular complexity index is 411. The predicted octanol–water partition coefficient (Wildman–Crippen LogP) is 3.53. The van der Waals surface area contributed by atoms with E-state index in [1.807, 2.05) is 0 Å². The van der Waals surface area contributed by atoms with Crippen LogP contribution in [0.3, 0.4) is 0 Å². The van der Waals surface area contributed by atoms with Gasteiger partial charge < -0.3 is 10.6 Å². The molecule has 2 fully saturated rings. The summed E-state index contributed by atoms with van der Waals surface area (Å²) in [6.07, 6.45) is 5.66. The number of hydrogen-bond donors (Lipinski definition) is 1. The molecule has 2 aliphatic rings. The zero-order valence-corrected chi connectivity index (χ0v) is 12.3. The molecule has 3 heteroatoms. The van der Waals surface area contributed by atoms with Crippen LogP contribution >= 0.6 is 15.9 Å². The lowest BCUT2D eigenvalue weighted by Crippen LogP contribution is -2.28. The summed E-state index contributed by atoms with van der Waals surface area (Å²) in [5.41, 5.74) is 8.34. The lowest BCUT2D eigenvalue weighted by atomic mass is 10.1. The Morgan fingerprint density at radius 1 is 1.06 bits per heavy atom. The molecule has 2 aliphatic carbocycles. The maximum atomic E-state index is 5.78. The second kappa shape index (κ2) is 5.22. The summed E-state index contributed by atoms with van der Waals surface area (Å²) >= 11 is 3.60. The van der Waals surface area contributed by atoms with E-state index < -0.39 is 0 Å². The normalized spacial score (nSPS) is 19.0. The third-order valence-electron chi connectivity index (χ3n) is 3.89. The van der Waals surface area contributed by atoms with E-state index in [2.05, 4.69) is 39.0 Å². The lowest BCUT2D eigenvalue weighted by Gasteiger charge is -2.25. The molecule has 0 aromatic heterocycles. The fourth-order valence-electron chi connectivity index (χ4n) is 2.44. The zero-order chi connectivity index (χ0) is 12.5. The van der Waals surface area contributed by atoms with Gasteiger partial charge in [-0.1, -0.05) is 15.9 Å². The second-order valence-corrected chi connectivity index (χ2v) is 6.73. The van der Waals surface area contributed by atoms with Crippen LogP contribution in [0.5, 0.6) is 0 Å². The molecule has 0 saturated heterocycles. The molecule has 2 saturated carbocycles. The Hall–Kier alpha value is -0.540. The number of nitrogens with two attached hydrogens (primary N) is 1. The maximum absolute atomic E-state index is 5.78. The van der Waals surface area contributed by atoms with E-state index in [-0.39, 0.29) is 0 Å². The Kier molecular flexibility index (Phi) is 3.62. The molecule has 0 amide bonds. The molecule has 1 aromatic carbocycles. The SMILES string of the molecule is NCc1cc(Br)cc(N(CC2CC2)CC2CC2)c1. The van der Waals surface area contributed by atoms with Gasteiger partial charge in [0.25, 0.3) is 0 Å². The van der Waals surface area contributed by atoms with Crippen molar-refractivity contribution >= 4 is 21.6 Å². The summed E-state index contributed by atoms with van der Waals surface area (Å²) < 4.78 is 1.15. The second-order valence-electron chi connectivity index (χ2n) is 5.81. The molecule has 0 heterocycles. The molecular weight excluding hydrogens is 288 g/mol. The van der Waals surface area contributed by atoms with Crippen molar-refractivity contribution in [3.05, 3.63) is 28.2 Å². The summed E-state index contributed by atoms with van der Waals surface area (Å²) in [6, 6.07) is 6.62. The fraction of sp³-hybridized carbons (Fsp3) is 0.600. The lowest BCUT2D eigenvalue weighted by molar-refractivity contribution is 0.679. The highest BCUT2D eigenvalue weighted by Crippen LogP contribution is 2.36. The van der Waals surface area contributed by atoms with Gasteiger partial charge in [-0.3, -0.25) is 0 Å². The number of benzene rings is 1. The van der Waals surface area contributed by atoms with Crippen LogP contribution in [0.25, 0.3) is 0 Å². The first-order valence-electron chi connectivity index (χ1n) is 6.99. The highest BCUT2D eigenvalue weighted by atomic mass is 79.9. The molecule has 2 N–H and O–H groups in total. The van der Waals surface area contributed by atoms with Crippen molar-refractivity contribution < 1.29 is 0 Å². The van der Waals surface area contributed by atoms with E-state index in [1.54, 1.807) is 0 Å². The van der Waals surface area contributed by atoms with Crippen LogP contribution in [0.15, 0.2) is 22.7 Å². The van der Waals surface area contributed by atoms with E-state index in [0.717, 1.165) is 16.3 Å². The van der Waals surface area contributed by atoms with Crippen molar-refractivity contribution in [3.8, 4) is 0 Å². The third kappa shape index (κ3) is 3.27. The van der Waals surface area contributed by atoms with Gasteiger partial charge in [0.15, 0.2) is 0 Å². The molecule has 98 valence electrons. The average molecular weight is 309 g/mol. The van der Waals surface area contributed by atoms with Crippen molar-refractivity contribution in [2.24, 2.45) is 17.6 Å². The van der Waals surface area contributed by atoms with Crippen molar-refractivity contribution in [1.82, 2.24) is 0 Å². The van der Waals surface area contributed by atoms with Crippen LogP contribution in [-0.2, 0) is 6.54 Å². The van der Waals surface area contributed by atoms with Gasteiger partial charge in [-0.15, -0.1) is 0 Å². The first-order valence-corrected chi connectivity index (χ1v) is 7.78. The van der Waals surface area contributed by atoms with Crippen molar-refractivity contribution in [3.63, 3.8) is 0 Å². The fourth-order valence-corrected chi connectivity index (χ4v) is 2.97. The van der Waals surface area contributed by atoms with E-state index in [0.29, 0.717) is 6.54 Å². The van der Waals surface area contributed by atoms with E-state index in [4.69, 9.17) is 5.73 Å². The Morgan fingerprint density at radius 2 is 1.67 bits per heavy atom. The standard InChI is InChI=1S/C15H21BrN2/c16-14-5-13(8-17)6-15(7-14)18(9-11-1-2-11)10-12-3-4-12/h5-7,11-12H,1-4,8-10,17H2. The first kappa shape index (κ1) is 12.5. The largest absolute Gasteiger partial charge is 0.371 e. The number of anilines is 1. The third-order valence-corrected chi connectivity index (χ3v) is 4.35. The van der Waals surface area contributed by atoms with Gasteiger partial charge in [-0.2, -0.15) is 0 Å². The molecule has 2 nitrogen and oxygen atoms in total. The molecule has 0 spiro atoms. The molecule has 0 unspecified atom stereocenters. The molecule has 0 radical (unpaired) electrons. The number of rotatable bonds is 6. The monoisotopic (exact) mass is 308 g/mol. The molecule has 0 aliphatic heterocycles. The molecule has 0 bridgehead atoms. The molecular formula is C15H21BrN2. The summed E-state index contributed by atoms with van der Waals surface area (Å²) in [5, 5.41) is 0. The number of hydrogen-bond acceptors (Lipinski definition) is 2. The van der Waals surface area contributed by atoms with Gasteiger partial charge in [0.05, 0.1) is 0 Å². The highest BCUT2D eigenvalue weighted by molar-refractivity contribution is 9.10. The van der Waals surface area contributed by atoms with E-state index in [1.165, 1.54) is 50.0 Å². The smallest absolute Gasteiger partial charge is 0.0380 e. The van der Waals surface area contributed by atoms with Crippen LogP contribution < -0.4 is 10.6 Å². The van der Waals surface area contributed by atoms with Crippen LogP contribution in [0.2, 0.25) is 0 Å². The zero-order valence-electron chi connectivity index (χ0n) is 10.7. The quantitative estimate of drug-likeness (QED) is 0.871.